The summed E-state index contributed by atoms with van der Waals surface area (Å²) in [5.41, 5.74) is 1.68. The molecule has 0 radical (unpaired) electrons. The maximum Gasteiger partial charge on any atom is 0.274 e. The number of fused-ring (bicyclic) bond motifs is 1. The van der Waals surface area contributed by atoms with E-state index >= 15 is 0 Å². The van der Waals surface area contributed by atoms with E-state index in [1.54, 1.807) is 12.1 Å². The molecule has 196 valence electrons. The highest BCUT2D eigenvalue weighted by Gasteiger charge is 2.32. The topological polar surface area (TPSA) is 154 Å². The molecule has 1 atom stereocenters. The Hall–Kier alpha value is -3.87. The van der Waals surface area contributed by atoms with Gasteiger partial charge >= 0.3 is 0 Å². The summed E-state index contributed by atoms with van der Waals surface area (Å²) in [7, 11) is -1.19. The van der Waals surface area contributed by atoms with Crippen LogP contribution in [0.2, 0.25) is 0 Å². The summed E-state index contributed by atoms with van der Waals surface area (Å²) in [6, 6.07) is 14.8. The fourth-order valence-corrected chi connectivity index (χ4v) is 4.22. The molecular formula is C25H28N4O7S. The van der Waals surface area contributed by atoms with E-state index in [1.165, 1.54) is 30.3 Å². The lowest BCUT2D eigenvalue weighted by molar-refractivity contribution is -0.120. The molecule has 0 spiro atoms. The zero-order valence-corrected chi connectivity index (χ0v) is 21.2. The van der Waals surface area contributed by atoms with Crippen LogP contribution in [-0.2, 0) is 11.2 Å². The van der Waals surface area contributed by atoms with Crippen molar-refractivity contribution >= 4 is 34.0 Å². The number of carbonyl (C=O) groups excluding carboxylic acids is 3. The summed E-state index contributed by atoms with van der Waals surface area (Å²) in [6.07, 6.45) is 1.78. The van der Waals surface area contributed by atoms with E-state index in [4.69, 9.17) is 9.26 Å². The smallest absolute Gasteiger partial charge is 0.274 e. The normalized spacial score (nSPS) is 15.8. The number of likely N-dealkylation sites (N-methyl/N-ethyl adjacent to an activating group) is 1. The third kappa shape index (κ3) is 6.67. The zero-order chi connectivity index (χ0) is 26.6. The molecule has 3 amide bonds. The number of amides is 3. The maximum absolute atomic E-state index is 13.1. The van der Waals surface area contributed by atoms with Gasteiger partial charge in [0.15, 0.2) is 5.69 Å². The zero-order valence-electron chi connectivity index (χ0n) is 20.3. The summed E-state index contributed by atoms with van der Waals surface area (Å²) >= 11 is 0. The van der Waals surface area contributed by atoms with Crippen molar-refractivity contribution < 1.29 is 32.7 Å². The first kappa shape index (κ1) is 26.2. The Bertz CT molecular complexity index is 1290. The van der Waals surface area contributed by atoms with Gasteiger partial charge in [0, 0.05) is 37.9 Å². The van der Waals surface area contributed by atoms with Crippen molar-refractivity contribution in [2.75, 3.05) is 37.1 Å². The highest BCUT2D eigenvalue weighted by Crippen LogP contribution is 2.33. The van der Waals surface area contributed by atoms with Crippen molar-refractivity contribution in [3.8, 4) is 5.75 Å². The van der Waals surface area contributed by atoms with Gasteiger partial charge in [-0.3, -0.25) is 23.5 Å². The van der Waals surface area contributed by atoms with E-state index < -0.39 is 34.4 Å². The number of nitrogens with one attached hydrogen (secondary N) is 2. The van der Waals surface area contributed by atoms with Crippen LogP contribution in [0, 0.1) is 0 Å². The molecule has 4 N–H and O–H groups in total. The molecule has 3 aromatic rings. The molecule has 2 heterocycles. The van der Waals surface area contributed by atoms with Gasteiger partial charge in [-0.15, -0.1) is 0 Å². The first-order valence-electron chi connectivity index (χ1n) is 11.4. The number of hydrogen-bond donors (Lipinski definition) is 4. The van der Waals surface area contributed by atoms with Crippen molar-refractivity contribution in [2.24, 2.45) is 0 Å². The molecule has 0 fully saturated rings. The lowest BCUT2D eigenvalue weighted by Gasteiger charge is -2.26. The highest BCUT2D eigenvalue weighted by atomic mass is 32.3. The van der Waals surface area contributed by atoms with Gasteiger partial charge in [-0.1, -0.05) is 35.5 Å². The average Bonchev–Trinajstić information content (AvgIpc) is 3.29. The van der Waals surface area contributed by atoms with Gasteiger partial charge in [-0.25, -0.2) is 0 Å². The predicted molar refractivity (Wildman–Crippen MR) is 138 cm³/mol. The standard InChI is InChI=1S/C25H28N4O7S/c1-29-21-13-17(23(30)26-10-11-37(2,33)34)8-9-22(21)35-15-20(25(29)32)27-24(31)19-14-18(36-28-19)12-16-6-4-3-5-7-16/h3-9,13-14,20,33-34H,10-12,15H2,1-2H3,(H,26,30)(H,27,31)/t20-/m0/s1. The monoisotopic (exact) mass is 528 g/mol. The number of anilines is 1. The number of carbonyl (C=O) groups is 3. The Kier molecular flexibility index (Phi) is 7.81. The molecule has 37 heavy (non-hydrogen) atoms. The van der Waals surface area contributed by atoms with Gasteiger partial charge < -0.3 is 24.8 Å². The molecular weight excluding hydrogens is 500 g/mol. The average molecular weight is 529 g/mol. The van der Waals surface area contributed by atoms with E-state index in [0.717, 1.165) is 5.56 Å². The van der Waals surface area contributed by atoms with Crippen LogP contribution in [0.4, 0.5) is 5.69 Å². The van der Waals surface area contributed by atoms with E-state index in [2.05, 4.69) is 15.8 Å². The van der Waals surface area contributed by atoms with Crippen LogP contribution < -0.4 is 20.3 Å². The number of ether oxygens (including phenoxy) is 1. The number of aromatic nitrogens is 1. The Morgan fingerprint density at radius 2 is 1.89 bits per heavy atom. The van der Waals surface area contributed by atoms with E-state index in [1.807, 2.05) is 30.3 Å². The fourth-order valence-electron chi connectivity index (χ4n) is 3.74. The molecule has 1 aromatic heterocycles. The van der Waals surface area contributed by atoms with Gasteiger partial charge in [0.25, 0.3) is 17.7 Å². The minimum Gasteiger partial charge on any atom is -0.489 e. The fraction of sp³-hybridized carbons (Fsp3) is 0.280. The predicted octanol–water partition coefficient (Wildman–Crippen LogP) is 2.53. The summed E-state index contributed by atoms with van der Waals surface area (Å²) < 4.78 is 30.0. The van der Waals surface area contributed by atoms with Crippen LogP contribution >= 0.6 is 10.6 Å². The molecule has 2 aromatic carbocycles. The van der Waals surface area contributed by atoms with Crippen molar-refractivity contribution in [1.29, 1.82) is 0 Å². The molecule has 0 saturated heterocycles. The van der Waals surface area contributed by atoms with Crippen LogP contribution in [0.25, 0.3) is 0 Å². The van der Waals surface area contributed by atoms with Crippen molar-refractivity contribution in [3.05, 3.63) is 77.2 Å². The lowest BCUT2D eigenvalue weighted by atomic mass is 10.1. The van der Waals surface area contributed by atoms with Gasteiger partial charge in [0.2, 0.25) is 0 Å². The molecule has 0 saturated carbocycles. The van der Waals surface area contributed by atoms with E-state index in [9.17, 15) is 23.5 Å². The van der Waals surface area contributed by atoms with Crippen molar-refractivity contribution in [1.82, 2.24) is 15.8 Å². The second-order valence-electron chi connectivity index (χ2n) is 8.71. The van der Waals surface area contributed by atoms with Crippen LogP contribution in [0.1, 0.15) is 32.2 Å². The third-order valence-corrected chi connectivity index (χ3v) is 6.69. The first-order valence-corrected chi connectivity index (χ1v) is 13.6. The summed E-state index contributed by atoms with van der Waals surface area (Å²) in [5.74, 6) is -0.522. The van der Waals surface area contributed by atoms with Crippen LogP contribution in [-0.4, -0.2) is 70.2 Å². The van der Waals surface area contributed by atoms with Crippen LogP contribution in [0.3, 0.4) is 0 Å². The molecule has 4 rings (SSSR count). The minimum absolute atomic E-state index is 0.0336. The Morgan fingerprint density at radius 1 is 1.14 bits per heavy atom. The number of benzene rings is 2. The van der Waals surface area contributed by atoms with Crippen LogP contribution in [0.15, 0.2) is 59.1 Å². The Balaban J connectivity index is 1.40. The number of hydrogen-bond acceptors (Lipinski definition) is 8. The molecule has 1 aliphatic rings. The largest absolute Gasteiger partial charge is 0.489 e. The van der Waals surface area contributed by atoms with Crippen molar-refractivity contribution in [3.63, 3.8) is 0 Å². The summed E-state index contributed by atoms with van der Waals surface area (Å²) in [6.45, 7) is -0.0280. The van der Waals surface area contributed by atoms with Crippen LogP contribution in [0.5, 0.6) is 5.75 Å². The SMILES string of the molecule is CN1C(=O)[C@@H](NC(=O)c2cc(Cc3ccccc3)on2)COc2ccc(C(=O)NCCS(C)(O)O)cc21. The molecule has 0 bridgehead atoms. The van der Waals surface area contributed by atoms with Crippen molar-refractivity contribution in [2.45, 2.75) is 12.5 Å². The number of rotatable bonds is 8. The first-order chi connectivity index (χ1) is 17.6. The molecule has 11 nitrogen and oxygen atoms in total. The van der Waals surface area contributed by atoms with E-state index in [0.29, 0.717) is 23.6 Å². The highest BCUT2D eigenvalue weighted by molar-refractivity contribution is 8.23. The van der Waals surface area contributed by atoms with E-state index in [-0.39, 0.29) is 30.2 Å². The summed E-state index contributed by atoms with van der Waals surface area (Å²) in [4.78, 5) is 39.7. The maximum atomic E-state index is 13.1. The molecule has 0 unspecified atom stereocenters. The van der Waals surface area contributed by atoms with Gasteiger partial charge in [0.05, 0.1) is 11.4 Å². The van der Waals surface area contributed by atoms with Gasteiger partial charge in [-0.05, 0) is 23.8 Å². The molecule has 12 heteroatoms. The second-order valence-corrected chi connectivity index (χ2v) is 11.1. The molecule has 1 aliphatic heterocycles. The van der Waals surface area contributed by atoms with Gasteiger partial charge in [-0.2, -0.15) is 10.6 Å². The summed E-state index contributed by atoms with van der Waals surface area (Å²) in [5, 5.41) is 9.09. The van der Waals surface area contributed by atoms with Gasteiger partial charge in [0.1, 0.15) is 24.2 Å². The third-order valence-electron chi connectivity index (χ3n) is 5.71. The Labute approximate surface area is 215 Å². The minimum atomic E-state index is -2.72. The lowest BCUT2D eigenvalue weighted by Crippen LogP contribution is -2.49. The quantitative estimate of drug-likeness (QED) is 0.348. The second kappa shape index (κ2) is 11.0. The number of nitrogens with zero attached hydrogens (tertiary/aromatic N) is 2. The molecule has 0 aliphatic carbocycles. The Morgan fingerprint density at radius 3 is 2.62 bits per heavy atom.